The van der Waals surface area contributed by atoms with Crippen LogP contribution in [0.15, 0.2) is 30.7 Å². The maximum Gasteiger partial charge on any atom is 0.317 e. The van der Waals surface area contributed by atoms with Gasteiger partial charge in [0.05, 0.1) is 6.10 Å². The molecule has 24 heavy (non-hydrogen) atoms. The van der Waals surface area contributed by atoms with Crippen LogP contribution in [0.2, 0.25) is 0 Å². The molecule has 2 aromatic heterocycles. The predicted molar refractivity (Wildman–Crippen MR) is 89.7 cm³/mol. The highest BCUT2D eigenvalue weighted by molar-refractivity contribution is 5.74. The Hall–Kier alpha value is -2.41. The van der Waals surface area contributed by atoms with Crippen molar-refractivity contribution in [3.05, 3.63) is 42.1 Å². The van der Waals surface area contributed by atoms with Crippen molar-refractivity contribution in [3.8, 4) is 5.82 Å². The first-order valence-electron chi connectivity index (χ1n) is 8.20. The van der Waals surface area contributed by atoms with E-state index in [4.69, 9.17) is 0 Å². The second-order valence-electron chi connectivity index (χ2n) is 6.31. The fourth-order valence-corrected chi connectivity index (χ4v) is 2.81. The van der Waals surface area contributed by atoms with Crippen LogP contribution >= 0.6 is 0 Å². The highest BCUT2D eigenvalue weighted by atomic mass is 16.3. The number of pyridine rings is 1. The molecule has 0 spiro atoms. The van der Waals surface area contributed by atoms with Crippen molar-refractivity contribution in [1.29, 1.82) is 0 Å². The third-order valence-corrected chi connectivity index (χ3v) is 4.53. The van der Waals surface area contributed by atoms with Crippen LogP contribution in [0.1, 0.15) is 24.7 Å². The number of aliphatic hydroxyl groups excluding tert-OH is 1. The van der Waals surface area contributed by atoms with Crippen LogP contribution in [0.4, 0.5) is 4.79 Å². The van der Waals surface area contributed by atoms with E-state index in [2.05, 4.69) is 15.3 Å². The van der Waals surface area contributed by atoms with E-state index in [9.17, 15) is 9.90 Å². The summed E-state index contributed by atoms with van der Waals surface area (Å²) in [4.78, 5) is 22.5. The summed E-state index contributed by atoms with van der Waals surface area (Å²) in [5.41, 5.74) is 0.927. The Balaban J connectivity index is 1.55. The van der Waals surface area contributed by atoms with Crippen molar-refractivity contribution in [3.63, 3.8) is 0 Å². The Morgan fingerprint density at radius 1 is 1.42 bits per heavy atom. The topological polar surface area (TPSA) is 83.3 Å². The average molecular weight is 329 g/mol. The lowest BCUT2D eigenvalue weighted by Gasteiger charge is -2.34. The number of hydrogen-bond acceptors (Lipinski definition) is 4. The molecule has 7 heteroatoms. The summed E-state index contributed by atoms with van der Waals surface area (Å²) in [6, 6.07) is 3.70. The molecule has 2 N–H and O–H groups in total. The van der Waals surface area contributed by atoms with Crippen molar-refractivity contribution in [2.75, 3.05) is 13.1 Å². The zero-order valence-corrected chi connectivity index (χ0v) is 14.0. The number of aliphatic hydroxyl groups is 1. The SMILES string of the molecule is Cc1nccn1-c1ccc(CNC(=O)N2CCC(C)C(O)C2)cn1. The van der Waals surface area contributed by atoms with E-state index < -0.39 is 6.10 Å². The van der Waals surface area contributed by atoms with Crippen LogP contribution in [-0.2, 0) is 6.54 Å². The molecule has 2 unspecified atom stereocenters. The highest BCUT2D eigenvalue weighted by Crippen LogP contribution is 2.17. The van der Waals surface area contributed by atoms with Gasteiger partial charge in [0, 0.05) is 38.2 Å². The molecule has 2 amide bonds. The van der Waals surface area contributed by atoms with Gasteiger partial charge in [0.15, 0.2) is 0 Å². The lowest BCUT2D eigenvalue weighted by Crippen LogP contribution is -2.49. The summed E-state index contributed by atoms with van der Waals surface area (Å²) >= 11 is 0. The van der Waals surface area contributed by atoms with Crippen molar-refractivity contribution in [2.45, 2.75) is 32.9 Å². The standard InChI is InChI=1S/C17H23N5O2/c1-12-5-7-21(11-15(12)23)17(24)20-10-14-3-4-16(19-9-14)22-8-6-18-13(22)2/h3-4,6,8-9,12,15,23H,5,7,10-11H2,1-2H3,(H,20,24). The van der Waals surface area contributed by atoms with Gasteiger partial charge in [-0.3, -0.25) is 4.57 Å². The number of carbonyl (C=O) groups excluding carboxylic acids is 1. The molecule has 2 aromatic rings. The summed E-state index contributed by atoms with van der Waals surface area (Å²) in [7, 11) is 0. The summed E-state index contributed by atoms with van der Waals surface area (Å²) < 4.78 is 1.90. The number of rotatable bonds is 3. The first kappa shape index (κ1) is 16.4. The molecule has 1 aliphatic heterocycles. The van der Waals surface area contributed by atoms with E-state index in [1.165, 1.54) is 0 Å². The van der Waals surface area contributed by atoms with Gasteiger partial charge < -0.3 is 15.3 Å². The van der Waals surface area contributed by atoms with E-state index in [-0.39, 0.29) is 11.9 Å². The Kier molecular flexibility index (Phi) is 4.80. The largest absolute Gasteiger partial charge is 0.391 e. The van der Waals surface area contributed by atoms with Crippen molar-refractivity contribution in [2.24, 2.45) is 5.92 Å². The van der Waals surface area contributed by atoms with Gasteiger partial charge in [-0.05, 0) is 30.9 Å². The van der Waals surface area contributed by atoms with Crippen molar-refractivity contribution >= 4 is 6.03 Å². The van der Waals surface area contributed by atoms with Gasteiger partial charge >= 0.3 is 6.03 Å². The zero-order chi connectivity index (χ0) is 17.1. The van der Waals surface area contributed by atoms with Gasteiger partial charge in [-0.25, -0.2) is 14.8 Å². The number of aryl methyl sites for hydroxylation is 1. The molecule has 1 aliphatic rings. The van der Waals surface area contributed by atoms with Crippen LogP contribution in [0, 0.1) is 12.8 Å². The molecule has 3 heterocycles. The van der Waals surface area contributed by atoms with Crippen molar-refractivity contribution in [1.82, 2.24) is 24.8 Å². The molecule has 0 saturated carbocycles. The van der Waals surface area contributed by atoms with E-state index in [1.54, 1.807) is 17.3 Å². The quantitative estimate of drug-likeness (QED) is 0.894. The number of hydrogen-bond donors (Lipinski definition) is 2. The van der Waals surface area contributed by atoms with Crippen LogP contribution in [-0.4, -0.2) is 49.8 Å². The second-order valence-corrected chi connectivity index (χ2v) is 6.31. The minimum absolute atomic E-state index is 0.143. The third kappa shape index (κ3) is 3.56. The van der Waals surface area contributed by atoms with Gasteiger partial charge in [0.25, 0.3) is 0 Å². The number of carbonyl (C=O) groups is 1. The van der Waals surface area contributed by atoms with Gasteiger partial charge in [-0.1, -0.05) is 13.0 Å². The number of piperidine rings is 1. The summed E-state index contributed by atoms with van der Waals surface area (Å²) in [5, 5.41) is 12.8. The van der Waals surface area contributed by atoms with Crippen LogP contribution in [0.25, 0.3) is 5.82 Å². The van der Waals surface area contributed by atoms with E-state index in [0.717, 1.165) is 23.6 Å². The fraction of sp³-hybridized carbons (Fsp3) is 0.471. The number of β-amino-alcohol motifs (C(OH)–C–C–N with tert-alkyl or cyclic N) is 1. The number of aromatic nitrogens is 3. The number of amides is 2. The van der Waals surface area contributed by atoms with Crippen LogP contribution < -0.4 is 5.32 Å². The van der Waals surface area contributed by atoms with Gasteiger partial charge in [0.1, 0.15) is 11.6 Å². The second kappa shape index (κ2) is 7.00. The van der Waals surface area contributed by atoms with E-state index >= 15 is 0 Å². The Morgan fingerprint density at radius 2 is 2.25 bits per heavy atom. The third-order valence-electron chi connectivity index (χ3n) is 4.53. The van der Waals surface area contributed by atoms with Gasteiger partial charge in [-0.2, -0.15) is 0 Å². The minimum atomic E-state index is -0.441. The number of likely N-dealkylation sites (tertiary alicyclic amines) is 1. The molecule has 0 aromatic carbocycles. The molecule has 0 bridgehead atoms. The first-order valence-corrected chi connectivity index (χ1v) is 8.20. The zero-order valence-electron chi connectivity index (χ0n) is 14.0. The molecule has 0 radical (unpaired) electrons. The Labute approximate surface area is 141 Å². The van der Waals surface area contributed by atoms with Gasteiger partial charge in [0.2, 0.25) is 0 Å². The Bertz CT molecular complexity index is 697. The molecule has 3 rings (SSSR count). The highest BCUT2D eigenvalue weighted by Gasteiger charge is 2.27. The minimum Gasteiger partial charge on any atom is -0.391 e. The molecule has 1 saturated heterocycles. The smallest absolute Gasteiger partial charge is 0.317 e. The summed E-state index contributed by atoms with van der Waals surface area (Å²) in [6.07, 6.45) is 5.74. The monoisotopic (exact) mass is 329 g/mol. The Morgan fingerprint density at radius 3 is 2.88 bits per heavy atom. The molecule has 1 fully saturated rings. The molecule has 128 valence electrons. The summed E-state index contributed by atoms with van der Waals surface area (Å²) in [5.74, 6) is 1.92. The fourth-order valence-electron chi connectivity index (χ4n) is 2.81. The normalized spacial score (nSPS) is 20.9. The number of nitrogens with one attached hydrogen (secondary N) is 1. The summed E-state index contributed by atoms with van der Waals surface area (Å²) in [6.45, 7) is 5.42. The lowest BCUT2D eigenvalue weighted by atomic mass is 9.96. The molecule has 0 aliphatic carbocycles. The van der Waals surface area contributed by atoms with Gasteiger partial charge in [-0.15, -0.1) is 0 Å². The number of nitrogens with zero attached hydrogens (tertiary/aromatic N) is 4. The van der Waals surface area contributed by atoms with Crippen LogP contribution in [0.3, 0.4) is 0 Å². The van der Waals surface area contributed by atoms with E-state index in [0.29, 0.717) is 19.6 Å². The molecule has 7 nitrogen and oxygen atoms in total. The maximum atomic E-state index is 12.2. The molecule has 2 atom stereocenters. The maximum absolute atomic E-state index is 12.2. The first-order chi connectivity index (χ1) is 11.5. The predicted octanol–water partition coefficient (Wildman–Crippen LogP) is 1.49. The van der Waals surface area contributed by atoms with Crippen molar-refractivity contribution < 1.29 is 9.90 Å². The van der Waals surface area contributed by atoms with E-state index in [1.807, 2.05) is 36.7 Å². The molecular weight excluding hydrogens is 306 g/mol. The lowest BCUT2D eigenvalue weighted by molar-refractivity contribution is 0.0435. The van der Waals surface area contributed by atoms with Crippen LogP contribution in [0.5, 0.6) is 0 Å². The number of urea groups is 1. The number of imidazole rings is 1. The average Bonchev–Trinajstić information content (AvgIpc) is 3.01. The molecular formula is C17H23N5O2.